The molecular weight excluding hydrogens is 204 g/mol. The molecule has 2 heterocycles. The molecule has 1 N–H and O–H groups in total. The van der Waals surface area contributed by atoms with E-state index in [4.69, 9.17) is 4.74 Å². The summed E-state index contributed by atoms with van der Waals surface area (Å²) in [5, 5.41) is 14.2. The minimum atomic E-state index is -0.441. The van der Waals surface area contributed by atoms with E-state index in [1.165, 1.54) is 6.42 Å². The Morgan fingerprint density at radius 3 is 3.12 bits per heavy atom. The molecule has 1 aromatic heterocycles. The van der Waals surface area contributed by atoms with Gasteiger partial charge in [-0.2, -0.15) is 5.10 Å². The molecule has 1 fully saturated rings. The summed E-state index contributed by atoms with van der Waals surface area (Å²) in [5.41, 5.74) is 0.899. The molecule has 90 valence electrons. The third kappa shape index (κ3) is 2.83. The molecule has 2 unspecified atom stereocenters. The zero-order valence-corrected chi connectivity index (χ0v) is 9.80. The van der Waals surface area contributed by atoms with Crippen molar-refractivity contribution < 1.29 is 9.84 Å². The summed E-state index contributed by atoms with van der Waals surface area (Å²) in [6.45, 7) is 3.71. The van der Waals surface area contributed by atoms with Crippen LogP contribution in [-0.4, -0.2) is 27.6 Å². The molecule has 1 aromatic rings. The van der Waals surface area contributed by atoms with Gasteiger partial charge in [0.15, 0.2) is 0 Å². The Labute approximate surface area is 96.2 Å². The van der Waals surface area contributed by atoms with E-state index in [1.54, 1.807) is 6.20 Å². The molecule has 0 radical (unpaired) electrons. The van der Waals surface area contributed by atoms with Crippen LogP contribution in [0.1, 0.15) is 44.3 Å². The molecule has 1 aliphatic heterocycles. The van der Waals surface area contributed by atoms with Gasteiger partial charge in [-0.15, -0.1) is 0 Å². The van der Waals surface area contributed by atoms with E-state index < -0.39 is 6.10 Å². The van der Waals surface area contributed by atoms with Gasteiger partial charge in [0.1, 0.15) is 0 Å². The quantitative estimate of drug-likeness (QED) is 0.849. The van der Waals surface area contributed by atoms with Gasteiger partial charge in [-0.05, 0) is 26.2 Å². The smallest absolute Gasteiger partial charge is 0.0845 e. The van der Waals surface area contributed by atoms with Crippen LogP contribution in [0.4, 0.5) is 0 Å². The number of hydrogen-bond acceptors (Lipinski definition) is 3. The Balaban J connectivity index is 1.88. The minimum absolute atomic E-state index is 0.216. The SMILES string of the molecule is CCn1cc(C(O)CC2CCCCO2)cn1. The normalized spacial score (nSPS) is 23.2. The van der Waals surface area contributed by atoms with E-state index in [-0.39, 0.29) is 6.10 Å². The van der Waals surface area contributed by atoms with E-state index in [2.05, 4.69) is 5.10 Å². The maximum absolute atomic E-state index is 10.0. The highest BCUT2D eigenvalue weighted by molar-refractivity contribution is 5.08. The molecule has 0 aliphatic carbocycles. The highest BCUT2D eigenvalue weighted by Gasteiger charge is 2.19. The molecule has 0 bridgehead atoms. The van der Waals surface area contributed by atoms with Crippen molar-refractivity contribution in [3.63, 3.8) is 0 Å². The van der Waals surface area contributed by atoms with E-state index in [9.17, 15) is 5.11 Å². The maximum atomic E-state index is 10.0. The molecule has 0 spiro atoms. The fraction of sp³-hybridized carbons (Fsp3) is 0.750. The molecule has 4 heteroatoms. The van der Waals surface area contributed by atoms with Crippen molar-refractivity contribution in [2.24, 2.45) is 0 Å². The molecule has 0 saturated carbocycles. The van der Waals surface area contributed by atoms with Crippen molar-refractivity contribution in [1.29, 1.82) is 0 Å². The van der Waals surface area contributed by atoms with Crippen LogP contribution in [0, 0.1) is 0 Å². The number of aliphatic hydroxyl groups is 1. The lowest BCUT2D eigenvalue weighted by Gasteiger charge is -2.24. The van der Waals surface area contributed by atoms with Crippen LogP contribution in [0.15, 0.2) is 12.4 Å². The van der Waals surface area contributed by atoms with Crippen LogP contribution in [0.2, 0.25) is 0 Å². The van der Waals surface area contributed by atoms with Gasteiger partial charge >= 0.3 is 0 Å². The Hall–Kier alpha value is -0.870. The molecule has 16 heavy (non-hydrogen) atoms. The first kappa shape index (κ1) is 11.6. The molecule has 1 saturated heterocycles. The lowest BCUT2D eigenvalue weighted by molar-refractivity contribution is -0.0155. The summed E-state index contributed by atoms with van der Waals surface area (Å²) in [6.07, 6.45) is 7.56. The molecule has 2 atom stereocenters. The summed E-state index contributed by atoms with van der Waals surface area (Å²) < 4.78 is 7.45. The Kier molecular flexibility index (Phi) is 3.96. The fourth-order valence-corrected chi connectivity index (χ4v) is 2.10. The minimum Gasteiger partial charge on any atom is -0.388 e. The van der Waals surface area contributed by atoms with Crippen molar-refractivity contribution in [3.05, 3.63) is 18.0 Å². The Bertz CT molecular complexity index is 319. The summed E-state index contributed by atoms with van der Waals surface area (Å²) >= 11 is 0. The van der Waals surface area contributed by atoms with Crippen LogP contribution in [-0.2, 0) is 11.3 Å². The van der Waals surface area contributed by atoms with Crippen LogP contribution >= 0.6 is 0 Å². The van der Waals surface area contributed by atoms with Gasteiger partial charge in [0, 0.05) is 31.3 Å². The van der Waals surface area contributed by atoms with Crippen molar-refractivity contribution >= 4 is 0 Å². The number of hydrogen-bond donors (Lipinski definition) is 1. The molecule has 0 aromatic carbocycles. The third-order valence-electron chi connectivity index (χ3n) is 3.12. The van der Waals surface area contributed by atoms with E-state index >= 15 is 0 Å². The van der Waals surface area contributed by atoms with Gasteiger partial charge in [0.05, 0.1) is 18.4 Å². The molecule has 2 rings (SSSR count). The molecule has 4 nitrogen and oxygen atoms in total. The van der Waals surface area contributed by atoms with Gasteiger partial charge in [0.2, 0.25) is 0 Å². The predicted molar refractivity (Wildman–Crippen MR) is 61.1 cm³/mol. The Morgan fingerprint density at radius 1 is 1.62 bits per heavy atom. The maximum Gasteiger partial charge on any atom is 0.0845 e. The first-order valence-corrected chi connectivity index (χ1v) is 6.11. The Morgan fingerprint density at radius 2 is 2.50 bits per heavy atom. The van der Waals surface area contributed by atoms with E-state index in [0.29, 0.717) is 6.42 Å². The second-order valence-corrected chi connectivity index (χ2v) is 4.37. The standard InChI is InChI=1S/C12H20N2O2/c1-2-14-9-10(8-13-14)12(15)7-11-5-3-4-6-16-11/h8-9,11-12,15H,2-7H2,1H3. The monoisotopic (exact) mass is 224 g/mol. The number of aliphatic hydroxyl groups excluding tert-OH is 1. The molecular formula is C12H20N2O2. The summed E-state index contributed by atoms with van der Waals surface area (Å²) in [5.74, 6) is 0. The average Bonchev–Trinajstić information content (AvgIpc) is 2.79. The van der Waals surface area contributed by atoms with Crippen molar-refractivity contribution in [3.8, 4) is 0 Å². The number of rotatable bonds is 4. The second-order valence-electron chi connectivity index (χ2n) is 4.37. The van der Waals surface area contributed by atoms with Crippen molar-refractivity contribution in [1.82, 2.24) is 9.78 Å². The first-order valence-electron chi connectivity index (χ1n) is 6.11. The second kappa shape index (κ2) is 5.46. The number of aromatic nitrogens is 2. The summed E-state index contributed by atoms with van der Waals surface area (Å²) in [7, 11) is 0. The average molecular weight is 224 g/mol. The number of aryl methyl sites for hydroxylation is 1. The van der Waals surface area contributed by atoms with E-state index in [1.807, 2.05) is 17.8 Å². The van der Waals surface area contributed by atoms with Crippen LogP contribution < -0.4 is 0 Å². The van der Waals surface area contributed by atoms with Gasteiger partial charge in [-0.1, -0.05) is 0 Å². The van der Waals surface area contributed by atoms with Crippen molar-refractivity contribution in [2.75, 3.05) is 6.61 Å². The van der Waals surface area contributed by atoms with Crippen LogP contribution in [0.25, 0.3) is 0 Å². The van der Waals surface area contributed by atoms with Crippen LogP contribution in [0.3, 0.4) is 0 Å². The first-order chi connectivity index (χ1) is 7.79. The zero-order valence-electron chi connectivity index (χ0n) is 9.80. The lowest BCUT2D eigenvalue weighted by Crippen LogP contribution is -2.21. The topological polar surface area (TPSA) is 47.3 Å². The predicted octanol–water partition coefficient (Wildman–Crippen LogP) is 1.90. The van der Waals surface area contributed by atoms with Gasteiger partial charge < -0.3 is 9.84 Å². The number of ether oxygens (including phenoxy) is 1. The lowest BCUT2D eigenvalue weighted by atomic mass is 10.0. The van der Waals surface area contributed by atoms with Crippen LogP contribution in [0.5, 0.6) is 0 Å². The van der Waals surface area contributed by atoms with Gasteiger partial charge in [-0.3, -0.25) is 4.68 Å². The van der Waals surface area contributed by atoms with Gasteiger partial charge in [0.25, 0.3) is 0 Å². The highest BCUT2D eigenvalue weighted by atomic mass is 16.5. The third-order valence-corrected chi connectivity index (χ3v) is 3.12. The summed E-state index contributed by atoms with van der Waals surface area (Å²) in [6, 6.07) is 0. The molecule has 1 aliphatic rings. The largest absolute Gasteiger partial charge is 0.388 e. The summed E-state index contributed by atoms with van der Waals surface area (Å²) in [4.78, 5) is 0. The van der Waals surface area contributed by atoms with Crippen molar-refractivity contribution in [2.45, 2.75) is 51.4 Å². The molecule has 0 amide bonds. The van der Waals surface area contributed by atoms with Gasteiger partial charge in [-0.25, -0.2) is 0 Å². The highest BCUT2D eigenvalue weighted by Crippen LogP contribution is 2.24. The number of nitrogens with zero attached hydrogens (tertiary/aromatic N) is 2. The zero-order chi connectivity index (χ0) is 11.4. The van der Waals surface area contributed by atoms with E-state index in [0.717, 1.165) is 31.6 Å². The fourth-order valence-electron chi connectivity index (χ4n) is 2.10.